The van der Waals surface area contributed by atoms with Crippen LogP contribution < -0.4 is 11.3 Å². The minimum absolute atomic E-state index is 0.102. The Morgan fingerprint density at radius 2 is 1.56 bits per heavy atom. The molecule has 36 heavy (non-hydrogen) atoms. The Kier molecular flexibility index (Phi) is 5.85. The zero-order valence-electron chi connectivity index (χ0n) is 19.5. The van der Waals surface area contributed by atoms with Gasteiger partial charge in [0.1, 0.15) is 29.0 Å². The van der Waals surface area contributed by atoms with Crippen LogP contribution >= 0.6 is 0 Å². The lowest BCUT2D eigenvalue weighted by Gasteiger charge is -2.16. The molecular weight excluding hydrogens is 460 g/mol. The van der Waals surface area contributed by atoms with Gasteiger partial charge in [-0.1, -0.05) is 42.5 Å². The maximum absolute atomic E-state index is 14.7. The summed E-state index contributed by atoms with van der Waals surface area (Å²) in [7, 11) is 0. The van der Waals surface area contributed by atoms with Crippen LogP contribution in [0.25, 0.3) is 28.0 Å². The van der Waals surface area contributed by atoms with E-state index >= 15 is 0 Å². The minimum atomic E-state index is -0.870. The molecule has 0 aliphatic heterocycles. The van der Waals surface area contributed by atoms with Gasteiger partial charge in [-0.3, -0.25) is 9.36 Å². The molecular formula is C28H21F2N5O. The van der Waals surface area contributed by atoms with Crippen molar-refractivity contribution in [2.24, 2.45) is 10.7 Å². The molecule has 0 radical (unpaired) electrons. The first kappa shape index (κ1) is 23.0. The number of nitrogens with two attached hydrogens (primary N) is 1. The van der Waals surface area contributed by atoms with Crippen molar-refractivity contribution in [1.29, 1.82) is 0 Å². The largest absolute Gasteiger partial charge is 0.383 e. The summed E-state index contributed by atoms with van der Waals surface area (Å²) < 4.78 is 30.3. The monoisotopic (exact) mass is 481 g/mol. The van der Waals surface area contributed by atoms with Gasteiger partial charge >= 0.3 is 0 Å². The zero-order chi connectivity index (χ0) is 25.4. The average molecular weight is 482 g/mol. The van der Waals surface area contributed by atoms with E-state index in [1.54, 1.807) is 13.0 Å². The van der Waals surface area contributed by atoms with Crippen LogP contribution in [0.4, 0.5) is 14.5 Å². The molecule has 0 aliphatic rings. The molecule has 0 aliphatic carbocycles. The third-order valence-corrected chi connectivity index (χ3v) is 5.89. The third kappa shape index (κ3) is 4.02. The molecule has 0 bridgehead atoms. The van der Waals surface area contributed by atoms with Crippen LogP contribution in [0.5, 0.6) is 0 Å². The van der Waals surface area contributed by atoms with Crippen molar-refractivity contribution in [2.75, 3.05) is 0 Å². The number of aliphatic imine (C=N–C) groups is 1. The van der Waals surface area contributed by atoms with Gasteiger partial charge in [-0.05, 0) is 49.7 Å². The molecule has 5 aromatic rings. The molecule has 2 aromatic heterocycles. The molecule has 8 heteroatoms. The summed E-state index contributed by atoms with van der Waals surface area (Å²) in [6.45, 7) is 3.56. The normalized spacial score (nSPS) is 11.7. The van der Waals surface area contributed by atoms with Crippen molar-refractivity contribution >= 4 is 22.6 Å². The van der Waals surface area contributed by atoms with E-state index in [1.807, 2.05) is 55.5 Å². The quantitative estimate of drug-likeness (QED) is 0.276. The van der Waals surface area contributed by atoms with Gasteiger partial charge in [-0.15, -0.1) is 0 Å². The van der Waals surface area contributed by atoms with E-state index in [0.29, 0.717) is 28.3 Å². The highest BCUT2D eigenvalue weighted by molar-refractivity contribution is 6.03. The summed E-state index contributed by atoms with van der Waals surface area (Å²) in [5.41, 5.74) is 8.85. The number of para-hydroxylation sites is 2. The lowest BCUT2D eigenvalue weighted by molar-refractivity contribution is 0.568. The number of pyridine rings is 1. The maximum atomic E-state index is 14.7. The predicted molar refractivity (Wildman–Crippen MR) is 137 cm³/mol. The molecule has 0 amide bonds. The third-order valence-electron chi connectivity index (χ3n) is 5.89. The Morgan fingerprint density at radius 3 is 2.28 bits per heavy atom. The molecule has 3 aromatic carbocycles. The van der Waals surface area contributed by atoms with E-state index in [-0.39, 0.29) is 5.65 Å². The molecule has 0 spiro atoms. The second kappa shape index (κ2) is 9.14. The maximum Gasteiger partial charge on any atom is 0.256 e. The first-order chi connectivity index (χ1) is 17.3. The fourth-order valence-corrected chi connectivity index (χ4v) is 4.22. The van der Waals surface area contributed by atoms with Gasteiger partial charge in [0.15, 0.2) is 5.65 Å². The van der Waals surface area contributed by atoms with Crippen LogP contribution in [0.2, 0.25) is 0 Å². The number of benzene rings is 3. The number of aryl methyl sites for hydroxylation is 1. The van der Waals surface area contributed by atoms with Crippen LogP contribution in [0.15, 0.2) is 88.6 Å². The van der Waals surface area contributed by atoms with E-state index in [2.05, 4.69) is 15.0 Å². The van der Waals surface area contributed by atoms with Gasteiger partial charge in [0.2, 0.25) is 0 Å². The molecule has 0 saturated carbocycles. The molecule has 0 unspecified atom stereocenters. The van der Waals surface area contributed by atoms with Gasteiger partial charge in [-0.25, -0.2) is 23.7 Å². The van der Waals surface area contributed by atoms with E-state index in [1.165, 1.54) is 12.1 Å². The first-order valence-corrected chi connectivity index (χ1v) is 11.2. The number of amidine groups is 1. The molecule has 6 nitrogen and oxygen atoms in total. The Labute approximate surface area is 205 Å². The summed E-state index contributed by atoms with van der Waals surface area (Å²) >= 11 is 0. The molecule has 0 fully saturated rings. The Hall–Kier alpha value is -4.72. The van der Waals surface area contributed by atoms with Crippen molar-refractivity contribution in [1.82, 2.24) is 14.5 Å². The molecule has 0 saturated heterocycles. The summed E-state index contributed by atoms with van der Waals surface area (Å²) in [6.07, 6.45) is 0. The summed E-state index contributed by atoms with van der Waals surface area (Å²) in [5, 5.41) is 0.460. The Bertz CT molecular complexity index is 1690. The van der Waals surface area contributed by atoms with Gasteiger partial charge in [0, 0.05) is 22.6 Å². The molecule has 178 valence electrons. The van der Waals surface area contributed by atoms with Crippen LogP contribution in [0, 0.1) is 25.5 Å². The number of halogens is 2. The number of rotatable bonds is 4. The van der Waals surface area contributed by atoms with Crippen LogP contribution in [0.1, 0.15) is 17.0 Å². The van der Waals surface area contributed by atoms with Crippen LogP contribution in [-0.2, 0) is 0 Å². The molecule has 0 atom stereocenters. The molecule has 5 rings (SSSR count). The fourth-order valence-electron chi connectivity index (χ4n) is 4.22. The number of fused-ring (bicyclic) bond motifs is 1. The number of hydrogen-bond donors (Lipinski definition) is 1. The highest BCUT2D eigenvalue weighted by Gasteiger charge is 2.20. The van der Waals surface area contributed by atoms with E-state index in [4.69, 9.17) is 5.73 Å². The number of hydrogen-bond acceptors (Lipinski definition) is 4. The second-order valence-electron chi connectivity index (χ2n) is 8.24. The van der Waals surface area contributed by atoms with Crippen molar-refractivity contribution < 1.29 is 8.78 Å². The molecule has 2 heterocycles. The highest BCUT2D eigenvalue weighted by atomic mass is 19.1. The lowest BCUT2D eigenvalue weighted by Crippen LogP contribution is -2.21. The average Bonchev–Trinajstić information content (AvgIpc) is 2.85. The van der Waals surface area contributed by atoms with E-state index in [0.717, 1.165) is 33.5 Å². The molecule has 2 N–H and O–H groups in total. The van der Waals surface area contributed by atoms with Crippen molar-refractivity contribution in [3.8, 4) is 16.9 Å². The number of aromatic nitrogens is 3. The Morgan fingerprint density at radius 1 is 0.861 bits per heavy atom. The van der Waals surface area contributed by atoms with Crippen molar-refractivity contribution in [3.05, 3.63) is 118 Å². The summed E-state index contributed by atoms with van der Waals surface area (Å²) in [4.78, 5) is 26.4. The van der Waals surface area contributed by atoms with Crippen LogP contribution in [-0.4, -0.2) is 20.4 Å². The van der Waals surface area contributed by atoms with Gasteiger partial charge < -0.3 is 5.73 Å². The zero-order valence-corrected chi connectivity index (χ0v) is 19.5. The summed E-state index contributed by atoms with van der Waals surface area (Å²) in [6, 6.07) is 21.2. The smallest absolute Gasteiger partial charge is 0.256 e. The van der Waals surface area contributed by atoms with E-state index in [9.17, 15) is 13.6 Å². The minimum Gasteiger partial charge on any atom is -0.383 e. The topological polar surface area (TPSA) is 86.2 Å². The van der Waals surface area contributed by atoms with E-state index < -0.39 is 22.9 Å². The van der Waals surface area contributed by atoms with Gasteiger partial charge in [0.05, 0.1) is 11.4 Å². The Balaban J connectivity index is 1.76. The second-order valence-corrected chi connectivity index (χ2v) is 8.24. The predicted octanol–water partition coefficient (Wildman–Crippen LogP) is 5.38. The van der Waals surface area contributed by atoms with Gasteiger partial charge in [0.25, 0.3) is 5.56 Å². The first-order valence-electron chi connectivity index (χ1n) is 11.2. The van der Waals surface area contributed by atoms with Crippen LogP contribution in [0.3, 0.4) is 0 Å². The fraction of sp³-hybridized carbons (Fsp3) is 0.0714. The van der Waals surface area contributed by atoms with Gasteiger partial charge in [-0.2, -0.15) is 0 Å². The lowest BCUT2D eigenvalue weighted by atomic mass is 9.97. The van der Waals surface area contributed by atoms with Crippen molar-refractivity contribution in [2.45, 2.75) is 13.8 Å². The number of nitrogens with zero attached hydrogens (tertiary/aromatic N) is 4. The highest BCUT2D eigenvalue weighted by Crippen LogP contribution is 2.31. The van der Waals surface area contributed by atoms with Crippen molar-refractivity contribution in [3.63, 3.8) is 0 Å². The SMILES string of the molecule is Cc1nc(-c2cccc(C(N)=Nc3ccccc3)c2C)c2ccc(=O)n(-c3c(F)cccc3F)c2n1. The standard InChI is InChI=1S/C28H21F2N5O/c1-16-19(10-6-11-20(16)27(31)34-18-8-4-3-5-9-18)25-21-14-15-24(36)35(28(21)33-17(2)32-25)26-22(29)12-7-13-23(26)30/h3-15H,1-2H3,(H2,31,34). The summed E-state index contributed by atoms with van der Waals surface area (Å²) in [5.74, 6) is -1.07.